The molecule has 0 radical (unpaired) electrons. The number of benzene rings is 2. The predicted molar refractivity (Wildman–Crippen MR) is 81.4 cm³/mol. The molecule has 0 heterocycles. The number of hydrogen-bond acceptors (Lipinski definition) is 3. The number of carboxylic acids is 1. The third-order valence-corrected chi connectivity index (χ3v) is 3.92. The Morgan fingerprint density at radius 3 is 2.40 bits per heavy atom. The van der Waals surface area contributed by atoms with Crippen LogP contribution in [0.5, 0.6) is 5.75 Å². The van der Waals surface area contributed by atoms with Crippen molar-refractivity contribution in [3.8, 4) is 5.75 Å². The van der Waals surface area contributed by atoms with Crippen LogP contribution in [0.4, 0.5) is 17.6 Å². The number of carbonyl (C=O) groups is 1. The van der Waals surface area contributed by atoms with Crippen molar-refractivity contribution in [2.24, 2.45) is 0 Å². The van der Waals surface area contributed by atoms with E-state index >= 15 is 0 Å². The normalized spacial score (nSPS) is 11.4. The quantitative estimate of drug-likeness (QED) is 0.747. The van der Waals surface area contributed by atoms with E-state index in [0.717, 1.165) is 6.07 Å². The van der Waals surface area contributed by atoms with Gasteiger partial charge in [0.15, 0.2) is 0 Å². The maximum absolute atomic E-state index is 13.0. The van der Waals surface area contributed by atoms with Crippen molar-refractivity contribution >= 4 is 17.6 Å². The smallest absolute Gasteiger partial charge is 0.417 e. The summed E-state index contributed by atoms with van der Waals surface area (Å²) in [6, 6.07) is 5.70. The molecular weight excluding hydrogens is 364 g/mol. The van der Waals surface area contributed by atoms with Gasteiger partial charge in [-0.05, 0) is 34.9 Å². The van der Waals surface area contributed by atoms with Gasteiger partial charge in [-0.3, -0.25) is 0 Å². The summed E-state index contributed by atoms with van der Waals surface area (Å²) in [6.45, 7) is -0.736. The first-order valence-corrected chi connectivity index (χ1v) is 7.38. The van der Waals surface area contributed by atoms with Crippen LogP contribution >= 0.6 is 11.6 Å². The third-order valence-electron chi connectivity index (χ3n) is 3.60. The number of aromatic carboxylic acids is 1. The van der Waals surface area contributed by atoms with Gasteiger partial charge in [0, 0.05) is 12.0 Å². The van der Waals surface area contributed by atoms with Gasteiger partial charge in [0.1, 0.15) is 12.4 Å². The highest BCUT2D eigenvalue weighted by Crippen LogP contribution is 2.37. The van der Waals surface area contributed by atoms with Gasteiger partial charge in [0.05, 0.1) is 23.7 Å². The molecular formula is C17H12ClF4O3-. The molecule has 0 amide bonds. The molecule has 0 atom stereocenters. The summed E-state index contributed by atoms with van der Waals surface area (Å²) in [6.07, 6.45) is -4.92. The van der Waals surface area contributed by atoms with Gasteiger partial charge in [0.2, 0.25) is 0 Å². The van der Waals surface area contributed by atoms with Crippen molar-refractivity contribution in [2.75, 3.05) is 7.11 Å². The van der Waals surface area contributed by atoms with Crippen LogP contribution in [0.2, 0.25) is 5.02 Å². The van der Waals surface area contributed by atoms with Crippen molar-refractivity contribution in [3.63, 3.8) is 0 Å². The first-order valence-electron chi connectivity index (χ1n) is 7.00. The van der Waals surface area contributed by atoms with Crippen LogP contribution in [0.25, 0.3) is 0 Å². The Hall–Kier alpha value is -2.28. The van der Waals surface area contributed by atoms with Crippen LogP contribution in [0.15, 0.2) is 30.3 Å². The molecule has 25 heavy (non-hydrogen) atoms. The summed E-state index contributed by atoms with van der Waals surface area (Å²) in [5.74, 6) is -1.41. The molecule has 134 valence electrons. The van der Waals surface area contributed by atoms with E-state index in [-0.39, 0.29) is 17.7 Å². The fraction of sp³-hybridized carbons (Fsp3) is 0.235. The topological polar surface area (TPSA) is 49.4 Å². The van der Waals surface area contributed by atoms with Gasteiger partial charge >= 0.3 is 6.18 Å². The molecule has 8 heteroatoms. The molecule has 2 aromatic carbocycles. The van der Waals surface area contributed by atoms with Crippen molar-refractivity contribution in [3.05, 3.63) is 63.2 Å². The Morgan fingerprint density at radius 1 is 1.20 bits per heavy atom. The number of ether oxygens (including phenoxy) is 1. The Morgan fingerprint density at radius 2 is 1.88 bits per heavy atom. The van der Waals surface area contributed by atoms with Gasteiger partial charge < -0.3 is 14.6 Å². The number of rotatable bonds is 5. The van der Waals surface area contributed by atoms with Crippen molar-refractivity contribution in [1.82, 2.24) is 0 Å². The van der Waals surface area contributed by atoms with Crippen LogP contribution in [0.1, 0.15) is 32.6 Å². The van der Waals surface area contributed by atoms with E-state index in [1.54, 1.807) is 0 Å². The fourth-order valence-corrected chi connectivity index (χ4v) is 2.67. The summed E-state index contributed by atoms with van der Waals surface area (Å²) in [5.41, 5.74) is -1.00. The molecule has 2 rings (SSSR count). The minimum Gasteiger partial charge on any atom is -0.545 e. The lowest BCUT2D eigenvalue weighted by molar-refractivity contribution is -0.255. The van der Waals surface area contributed by atoms with E-state index in [1.165, 1.54) is 25.3 Å². The molecule has 0 aliphatic rings. The summed E-state index contributed by atoms with van der Waals surface area (Å²) in [4.78, 5) is 11.2. The lowest BCUT2D eigenvalue weighted by Crippen LogP contribution is -2.24. The zero-order valence-corrected chi connectivity index (χ0v) is 13.7. The highest BCUT2D eigenvalue weighted by Gasteiger charge is 2.34. The Kier molecular flexibility index (Phi) is 5.57. The Bertz CT molecular complexity index is 803. The second-order valence-electron chi connectivity index (χ2n) is 5.23. The number of hydrogen-bond donors (Lipinski definition) is 0. The van der Waals surface area contributed by atoms with E-state index in [9.17, 15) is 27.5 Å². The molecule has 0 fully saturated rings. The summed E-state index contributed by atoms with van der Waals surface area (Å²) in [5, 5.41) is 10.5. The molecule has 0 bridgehead atoms. The maximum Gasteiger partial charge on any atom is 0.417 e. The molecule has 0 aliphatic heterocycles. The largest absolute Gasteiger partial charge is 0.545 e. The van der Waals surface area contributed by atoms with E-state index in [0.29, 0.717) is 17.2 Å². The first-order chi connectivity index (χ1) is 11.7. The zero-order valence-electron chi connectivity index (χ0n) is 12.9. The lowest BCUT2D eigenvalue weighted by Gasteiger charge is -2.17. The number of methoxy groups -OCH3 is 1. The molecule has 0 aliphatic carbocycles. The molecule has 0 unspecified atom stereocenters. The van der Waals surface area contributed by atoms with Gasteiger partial charge in [-0.1, -0.05) is 23.7 Å². The van der Waals surface area contributed by atoms with Crippen molar-refractivity contribution in [1.29, 1.82) is 0 Å². The van der Waals surface area contributed by atoms with E-state index in [1.807, 2.05) is 0 Å². The van der Waals surface area contributed by atoms with E-state index in [2.05, 4.69) is 0 Å². The fourth-order valence-electron chi connectivity index (χ4n) is 2.39. The van der Waals surface area contributed by atoms with Crippen LogP contribution in [0, 0.1) is 0 Å². The molecule has 0 spiro atoms. The molecule has 3 nitrogen and oxygen atoms in total. The van der Waals surface area contributed by atoms with Crippen LogP contribution in [-0.2, 0) is 19.3 Å². The second-order valence-corrected chi connectivity index (χ2v) is 5.64. The number of alkyl halides is 4. The summed E-state index contributed by atoms with van der Waals surface area (Å²) >= 11 is 5.55. The van der Waals surface area contributed by atoms with E-state index < -0.39 is 35.0 Å². The van der Waals surface area contributed by atoms with Crippen LogP contribution in [0.3, 0.4) is 0 Å². The van der Waals surface area contributed by atoms with Crippen molar-refractivity contribution < 1.29 is 32.2 Å². The molecule has 0 saturated carbocycles. The minimum atomic E-state index is -4.74. The van der Waals surface area contributed by atoms with Crippen LogP contribution in [-0.4, -0.2) is 13.1 Å². The van der Waals surface area contributed by atoms with Gasteiger partial charge in [-0.25, -0.2) is 4.39 Å². The lowest BCUT2D eigenvalue weighted by atomic mass is 9.96. The molecule has 2 aromatic rings. The monoisotopic (exact) mass is 375 g/mol. The predicted octanol–water partition coefficient (Wildman–Crippen LogP) is 3.79. The number of carboxylic acid groups (broad SMARTS) is 1. The standard InChI is InChI=1S/C17H13ClF4O3/c1-25-15-4-9(8-19)2-3-10(15)5-11-6-13(17(20,21)22)14(18)7-12(11)16(23)24/h2-4,6-7H,5,8H2,1H3,(H,23,24)/p-1. The first kappa shape index (κ1) is 19.1. The van der Waals surface area contributed by atoms with E-state index in [4.69, 9.17) is 16.3 Å². The number of carbonyl (C=O) groups excluding carboxylic acids is 1. The highest BCUT2D eigenvalue weighted by atomic mass is 35.5. The maximum atomic E-state index is 13.0. The van der Waals surface area contributed by atoms with Crippen molar-refractivity contribution in [2.45, 2.75) is 19.3 Å². The summed E-state index contributed by atoms with van der Waals surface area (Å²) < 4.78 is 56.9. The van der Waals surface area contributed by atoms with Gasteiger partial charge in [-0.2, -0.15) is 13.2 Å². The summed E-state index contributed by atoms with van der Waals surface area (Å²) in [7, 11) is 1.32. The minimum absolute atomic E-state index is 0.136. The third kappa shape index (κ3) is 4.22. The highest BCUT2D eigenvalue weighted by molar-refractivity contribution is 6.31. The SMILES string of the molecule is COc1cc(CF)ccc1Cc1cc(C(F)(F)F)c(Cl)cc1C(=O)[O-]. The Balaban J connectivity index is 2.56. The molecule has 0 saturated heterocycles. The zero-order chi connectivity index (χ0) is 18.8. The average Bonchev–Trinajstić information content (AvgIpc) is 2.55. The molecule has 0 aromatic heterocycles. The average molecular weight is 376 g/mol. The number of halogens is 5. The van der Waals surface area contributed by atoms with Gasteiger partial charge in [0.25, 0.3) is 0 Å². The van der Waals surface area contributed by atoms with Gasteiger partial charge in [-0.15, -0.1) is 0 Å². The second kappa shape index (κ2) is 7.31. The Labute approximate surface area is 145 Å². The molecule has 0 N–H and O–H groups in total. The van der Waals surface area contributed by atoms with Crippen LogP contribution < -0.4 is 9.84 Å².